The van der Waals surface area contributed by atoms with Gasteiger partial charge in [-0.2, -0.15) is 0 Å². The number of piperazine rings is 1. The van der Waals surface area contributed by atoms with Crippen LogP contribution in [0.15, 0.2) is 48.5 Å². The normalized spacial score (nSPS) is 17.0. The number of fused-ring (bicyclic) bond motifs is 3. The van der Waals surface area contributed by atoms with E-state index in [0.29, 0.717) is 26.2 Å². The van der Waals surface area contributed by atoms with Gasteiger partial charge in [0.25, 0.3) is 0 Å². The molecule has 1 unspecified atom stereocenters. The van der Waals surface area contributed by atoms with Crippen LogP contribution in [0.25, 0.3) is 21.8 Å². The molecule has 0 spiro atoms. The van der Waals surface area contributed by atoms with E-state index in [0.717, 1.165) is 24.1 Å². The van der Waals surface area contributed by atoms with Gasteiger partial charge in [-0.15, -0.1) is 0 Å². The van der Waals surface area contributed by atoms with E-state index in [1.807, 2.05) is 24.3 Å². The van der Waals surface area contributed by atoms with Gasteiger partial charge in [0.2, 0.25) is 0 Å². The second kappa shape index (κ2) is 6.97. The molecule has 26 heavy (non-hydrogen) atoms. The lowest BCUT2D eigenvalue weighted by Crippen LogP contribution is -2.52. The summed E-state index contributed by atoms with van der Waals surface area (Å²) < 4.78 is 2.20. The van der Waals surface area contributed by atoms with E-state index >= 15 is 0 Å². The number of primary amides is 1. The van der Waals surface area contributed by atoms with Gasteiger partial charge in [0.1, 0.15) is 0 Å². The van der Waals surface area contributed by atoms with Crippen molar-refractivity contribution in [3.8, 4) is 0 Å². The first-order valence-corrected chi connectivity index (χ1v) is 9.04. The minimum Gasteiger partial charge on any atom is -0.390 e. The Morgan fingerprint density at radius 2 is 1.46 bits per heavy atom. The summed E-state index contributed by atoms with van der Waals surface area (Å²) in [6.45, 7) is 3.87. The Labute approximate surface area is 152 Å². The van der Waals surface area contributed by atoms with Gasteiger partial charge in [-0.05, 0) is 12.1 Å². The van der Waals surface area contributed by atoms with Crippen LogP contribution >= 0.6 is 0 Å². The largest absolute Gasteiger partial charge is 0.390 e. The molecule has 1 aromatic heterocycles. The van der Waals surface area contributed by atoms with Crippen molar-refractivity contribution < 1.29 is 9.90 Å². The number of para-hydroxylation sites is 2. The third-order valence-corrected chi connectivity index (χ3v) is 5.23. The molecule has 2 aromatic carbocycles. The summed E-state index contributed by atoms with van der Waals surface area (Å²) in [5.74, 6) is 0. The van der Waals surface area contributed by atoms with E-state index in [2.05, 4.69) is 33.7 Å². The van der Waals surface area contributed by atoms with Crippen LogP contribution in [0.5, 0.6) is 0 Å². The van der Waals surface area contributed by atoms with Crippen molar-refractivity contribution in [1.82, 2.24) is 14.4 Å². The Bertz CT molecular complexity index is 875. The second-order valence-electron chi connectivity index (χ2n) is 6.92. The SMILES string of the molecule is NC(=O)N1CCN(CC(O)Cn2c3ccccc3c3ccccc32)CC1. The number of hydrogen-bond acceptors (Lipinski definition) is 3. The third-order valence-electron chi connectivity index (χ3n) is 5.23. The number of nitrogens with two attached hydrogens (primary N) is 1. The highest BCUT2D eigenvalue weighted by Crippen LogP contribution is 2.28. The quantitative estimate of drug-likeness (QED) is 0.752. The van der Waals surface area contributed by atoms with E-state index in [1.54, 1.807) is 4.90 Å². The molecule has 1 atom stereocenters. The maximum absolute atomic E-state index is 11.2. The monoisotopic (exact) mass is 352 g/mol. The lowest BCUT2D eigenvalue weighted by atomic mass is 10.2. The first kappa shape index (κ1) is 16.9. The molecule has 1 aliphatic rings. The summed E-state index contributed by atoms with van der Waals surface area (Å²) in [5.41, 5.74) is 7.62. The molecule has 0 radical (unpaired) electrons. The summed E-state index contributed by atoms with van der Waals surface area (Å²) >= 11 is 0. The molecular formula is C20H24N4O2. The number of aliphatic hydroxyl groups is 1. The second-order valence-corrected chi connectivity index (χ2v) is 6.92. The van der Waals surface area contributed by atoms with Gasteiger partial charge >= 0.3 is 6.03 Å². The molecule has 6 heteroatoms. The van der Waals surface area contributed by atoms with Gasteiger partial charge in [-0.25, -0.2) is 4.79 Å². The zero-order chi connectivity index (χ0) is 18.1. The number of nitrogens with zero attached hydrogens (tertiary/aromatic N) is 3. The van der Waals surface area contributed by atoms with Crippen molar-refractivity contribution in [3.05, 3.63) is 48.5 Å². The van der Waals surface area contributed by atoms with E-state index < -0.39 is 6.10 Å². The number of carbonyl (C=O) groups excluding carboxylic acids is 1. The third kappa shape index (κ3) is 3.13. The van der Waals surface area contributed by atoms with E-state index in [1.165, 1.54) is 10.8 Å². The van der Waals surface area contributed by atoms with Crippen LogP contribution in [0.4, 0.5) is 4.79 Å². The molecule has 0 saturated carbocycles. The first-order chi connectivity index (χ1) is 12.6. The molecule has 3 aromatic rings. The zero-order valence-electron chi connectivity index (χ0n) is 14.7. The standard InChI is InChI=1S/C20H24N4O2/c21-20(26)23-11-9-22(10-12-23)13-15(25)14-24-18-7-3-1-5-16(18)17-6-2-4-8-19(17)24/h1-8,15,25H,9-14H2,(H2,21,26). The maximum Gasteiger partial charge on any atom is 0.314 e. The highest BCUT2D eigenvalue weighted by atomic mass is 16.3. The number of hydrogen-bond donors (Lipinski definition) is 2. The van der Waals surface area contributed by atoms with Crippen molar-refractivity contribution in [3.63, 3.8) is 0 Å². The number of aromatic nitrogens is 1. The number of urea groups is 1. The molecule has 136 valence electrons. The first-order valence-electron chi connectivity index (χ1n) is 9.04. The van der Waals surface area contributed by atoms with Crippen molar-refractivity contribution >= 4 is 27.8 Å². The molecule has 1 fully saturated rings. The molecular weight excluding hydrogens is 328 g/mol. The predicted octanol–water partition coefficient (Wildman–Crippen LogP) is 1.85. The highest BCUT2D eigenvalue weighted by Gasteiger charge is 2.21. The van der Waals surface area contributed by atoms with Gasteiger partial charge in [0, 0.05) is 54.5 Å². The Kier molecular flexibility index (Phi) is 4.53. The molecule has 2 amide bonds. The lowest BCUT2D eigenvalue weighted by Gasteiger charge is -2.34. The number of β-amino-alcohol motifs (C(OH)–C–C–N with tert-alkyl or cyclic N) is 1. The summed E-state index contributed by atoms with van der Waals surface area (Å²) in [4.78, 5) is 15.1. The molecule has 2 heterocycles. The Morgan fingerprint density at radius 1 is 0.923 bits per heavy atom. The number of carbonyl (C=O) groups is 1. The van der Waals surface area contributed by atoms with E-state index in [9.17, 15) is 9.90 Å². The molecule has 6 nitrogen and oxygen atoms in total. The number of amides is 2. The Balaban J connectivity index is 1.51. The molecule has 3 N–H and O–H groups in total. The molecule has 0 aliphatic carbocycles. The smallest absolute Gasteiger partial charge is 0.314 e. The van der Waals surface area contributed by atoms with Crippen LogP contribution in [-0.2, 0) is 6.54 Å². The Morgan fingerprint density at radius 3 is 2.00 bits per heavy atom. The van der Waals surface area contributed by atoms with E-state index in [-0.39, 0.29) is 6.03 Å². The molecule has 4 rings (SSSR count). The van der Waals surface area contributed by atoms with Crippen molar-refractivity contribution in [2.45, 2.75) is 12.6 Å². The van der Waals surface area contributed by atoms with Crippen molar-refractivity contribution in [1.29, 1.82) is 0 Å². The van der Waals surface area contributed by atoms with Crippen LogP contribution in [0.2, 0.25) is 0 Å². The van der Waals surface area contributed by atoms with Crippen LogP contribution in [-0.4, -0.2) is 64.3 Å². The average Bonchev–Trinajstić information content (AvgIpc) is 2.96. The number of rotatable bonds is 4. The number of aliphatic hydroxyl groups excluding tert-OH is 1. The van der Waals surface area contributed by atoms with E-state index in [4.69, 9.17) is 5.73 Å². The summed E-state index contributed by atoms with van der Waals surface area (Å²) in [6.07, 6.45) is -0.477. The maximum atomic E-state index is 11.2. The van der Waals surface area contributed by atoms with Crippen LogP contribution in [0.1, 0.15) is 0 Å². The molecule has 1 aliphatic heterocycles. The van der Waals surface area contributed by atoms with Gasteiger partial charge in [0.15, 0.2) is 0 Å². The predicted molar refractivity (Wildman–Crippen MR) is 103 cm³/mol. The highest BCUT2D eigenvalue weighted by molar-refractivity contribution is 6.07. The molecule has 1 saturated heterocycles. The van der Waals surface area contributed by atoms with Crippen LogP contribution in [0.3, 0.4) is 0 Å². The van der Waals surface area contributed by atoms with Crippen LogP contribution in [0, 0.1) is 0 Å². The average molecular weight is 352 g/mol. The van der Waals surface area contributed by atoms with Crippen molar-refractivity contribution in [2.75, 3.05) is 32.7 Å². The van der Waals surface area contributed by atoms with Gasteiger partial charge in [-0.3, -0.25) is 4.90 Å². The minimum atomic E-state index is -0.477. The van der Waals surface area contributed by atoms with Gasteiger partial charge < -0.3 is 20.3 Å². The van der Waals surface area contributed by atoms with Crippen LogP contribution < -0.4 is 5.73 Å². The van der Waals surface area contributed by atoms with Crippen molar-refractivity contribution in [2.24, 2.45) is 5.73 Å². The summed E-state index contributed by atoms with van der Waals surface area (Å²) in [7, 11) is 0. The lowest BCUT2D eigenvalue weighted by molar-refractivity contribution is 0.0744. The topological polar surface area (TPSA) is 74.7 Å². The van der Waals surface area contributed by atoms with Gasteiger partial charge in [0.05, 0.1) is 12.6 Å². The zero-order valence-corrected chi connectivity index (χ0v) is 14.7. The fraction of sp³-hybridized carbons (Fsp3) is 0.350. The summed E-state index contributed by atoms with van der Waals surface area (Å²) in [6, 6.07) is 16.3. The number of benzene rings is 2. The van der Waals surface area contributed by atoms with Gasteiger partial charge in [-0.1, -0.05) is 36.4 Å². The fourth-order valence-electron chi connectivity index (χ4n) is 3.92. The minimum absolute atomic E-state index is 0.365. The summed E-state index contributed by atoms with van der Waals surface area (Å²) in [5, 5.41) is 13.1. The fourth-order valence-corrected chi connectivity index (χ4v) is 3.92. The Hall–Kier alpha value is -2.57. The molecule has 0 bridgehead atoms.